The molecule has 0 aliphatic heterocycles. The lowest BCUT2D eigenvalue weighted by molar-refractivity contribution is -0.149. The summed E-state index contributed by atoms with van der Waals surface area (Å²) in [7, 11) is 1.38. The number of amides is 2. The molecule has 2 amide bonds. The number of hydrogen-bond donors (Lipinski definition) is 2. The van der Waals surface area contributed by atoms with Gasteiger partial charge in [-0.05, 0) is 35.6 Å². The van der Waals surface area contributed by atoms with Gasteiger partial charge in [-0.25, -0.2) is 4.79 Å². The number of ether oxygens (including phenoxy) is 2. The number of carboxylic acid groups (broad SMARTS) is 1. The fourth-order valence-electron chi connectivity index (χ4n) is 4.05. The Hall–Kier alpha value is -3.88. The van der Waals surface area contributed by atoms with Crippen LogP contribution in [0.4, 0.5) is 4.79 Å². The average molecular weight is 469 g/mol. The molecule has 9 nitrogen and oxygen atoms in total. The number of nitrogens with zero attached hydrogens (tertiary/aromatic N) is 1. The van der Waals surface area contributed by atoms with Gasteiger partial charge in [0, 0.05) is 19.4 Å². The lowest BCUT2D eigenvalue weighted by Gasteiger charge is -2.24. The molecule has 180 valence electrons. The molecular formula is C25H28N2O7. The van der Waals surface area contributed by atoms with Gasteiger partial charge in [0.2, 0.25) is 5.91 Å². The number of alkyl carbamates (subject to hydrolysis) is 1. The molecule has 2 aromatic rings. The number of rotatable bonds is 10. The molecule has 3 rings (SSSR count). The number of carbonyl (C=O) groups excluding carboxylic acids is 3. The Bertz CT molecular complexity index is 1020. The van der Waals surface area contributed by atoms with Crippen LogP contribution >= 0.6 is 0 Å². The van der Waals surface area contributed by atoms with Crippen molar-refractivity contribution in [2.24, 2.45) is 0 Å². The van der Waals surface area contributed by atoms with Crippen molar-refractivity contribution in [1.82, 2.24) is 10.2 Å². The summed E-state index contributed by atoms with van der Waals surface area (Å²) in [4.78, 5) is 49.2. The molecule has 2 aromatic carbocycles. The highest BCUT2D eigenvalue weighted by Gasteiger charge is 2.30. The molecule has 1 aliphatic carbocycles. The number of carboxylic acids is 1. The van der Waals surface area contributed by atoms with Gasteiger partial charge in [-0.2, -0.15) is 0 Å². The van der Waals surface area contributed by atoms with Gasteiger partial charge in [0.1, 0.15) is 19.2 Å². The first-order chi connectivity index (χ1) is 16.3. The highest BCUT2D eigenvalue weighted by atomic mass is 16.5. The molecule has 1 unspecified atom stereocenters. The zero-order valence-electron chi connectivity index (χ0n) is 19.2. The van der Waals surface area contributed by atoms with Crippen LogP contribution in [0.15, 0.2) is 48.5 Å². The molecule has 0 aromatic heterocycles. The van der Waals surface area contributed by atoms with Crippen molar-refractivity contribution in [3.63, 3.8) is 0 Å². The van der Waals surface area contributed by atoms with Gasteiger partial charge in [-0.3, -0.25) is 14.4 Å². The summed E-state index contributed by atoms with van der Waals surface area (Å²) in [5.41, 5.74) is 4.26. The number of aliphatic carboxylic acids is 1. The smallest absolute Gasteiger partial charge is 0.407 e. The predicted molar refractivity (Wildman–Crippen MR) is 123 cm³/mol. The fourth-order valence-corrected chi connectivity index (χ4v) is 4.05. The molecule has 1 aliphatic rings. The first-order valence-electron chi connectivity index (χ1n) is 11.1. The second-order valence-electron chi connectivity index (χ2n) is 7.95. The second kappa shape index (κ2) is 11.3. The summed E-state index contributed by atoms with van der Waals surface area (Å²) in [6, 6.07) is 14.6. The first kappa shape index (κ1) is 24.8. The van der Waals surface area contributed by atoms with E-state index in [1.807, 2.05) is 48.5 Å². The lowest BCUT2D eigenvalue weighted by Crippen LogP contribution is -2.49. The summed E-state index contributed by atoms with van der Waals surface area (Å²) in [6.07, 6.45) is -1.33. The maximum Gasteiger partial charge on any atom is 0.407 e. The number of esters is 1. The summed E-state index contributed by atoms with van der Waals surface area (Å²) in [5, 5.41) is 11.5. The van der Waals surface area contributed by atoms with Crippen molar-refractivity contribution in [2.75, 3.05) is 26.8 Å². The number of fused-ring (bicyclic) bond motifs is 3. The van der Waals surface area contributed by atoms with E-state index in [1.165, 1.54) is 7.05 Å². The van der Waals surface area contributed by atoms with Crippen molar-refractivity contribution in [3.05, 3.63) is 59.7 Å². The van der Waals surface area contributed by atoms with Gasteiger partial charge < -0.3 is 24.8 Å². The van der Waals surface area contributed by atoms with Gasteiger partial charge in [-0.1, -0.05) is 48.5 Å². The maximum atomic E-state index is 12.8. The number of nitrogens with one attached hydrogen (secondary N) is 1. The minimum atomic E-state index is -1.16. The van der Waals surface area contributed by atoms with Gasteiger partial charge in [0.15, 0.2) is 0 Å². The van der Waals surface area contributed by atoms with E-state index in [9.17, 15) is 19.2 Å². The van der Waals surface area contributed by atoms with Gasteiger partial charge in [-0.15, -0.1) is 0 Å². The van der Waals surface area contributed by atoms with Crippen LogP contribution in [-0.4, -0.2) is 66.8 Å². The molecule has 0 heterocycles. The monoisotopic (exact) mass is 468 g/mol. The fraction of sp³-hybridized carbons (Fsp3) is 0.360. The van der Waals surface area contributed by atoms with Crippen molar-refractivity contribution < 1.29 is 33.8 Å². The van der Waals surface area contributed by atoms with Crippen LogP contribution in [0.25, 0.3) is 11.1 Å². The maximum absolute atomic E-state index is 12.8. The van der Waals surface area contributed by atoms with Crippen molar-refractivity contribution in [1.29, 1.82) is 0 Å². The highest BCUT2D eigenvalue weighted by Crippen LogP contribution is 2.44. The zero-order chi connectivity index (χ0) is 24.7. The summed E-state index contributed by atoms with van der Waals surface area (Å²) in [5.74, 6) is -2.47. The van der Waals surface area contributed by atoms with Crippen molar-refractivity contribution in [3.8, 4) is 11.1 Å². The van der Waals surface area contributed by atoms with Crippen LogP contribution in [0, 0.1) is 0 Å². The molecular weight excluding hydrogens is 440 g/mol. The Balaban J connectivity index is 1.66. The van der Waals surface area contributed by atoms with Crippen LogP contribution in [0.1, 0.15) is 36.8 Å². The molecule has 0 saturated carbocycles. The third kappa shape index (κ3) is 5.92. The number of carbonyl (C=O) groups is 4. The van der Waals surface area contributed by atoms with E-state index >= 15 is 0 Å². The Morgan fingerprint density at radius 2 is 1.59 bits per heavy atom. The SMILES string of the molecule is CCOC(=O)CN(C)C(=O)C(CCC(=O)O)NC(=O)OCC1c2ccccc2-c2ccccc21. The van der Waals surface area contributed by atoms with Crippen LogP contribution in [0.2, 0.25) is 0 Å². The van der Waals surface area contributed by atoms with E-state index < -0.39 is 30.0 Å². The third-order valence-electron chi connectivity index (χ3n) is 5.63. The largest absolute Gasteiger partial charge is 0.481 e. The second-order valence-corrected chi connectivity index (χ2v) is 7.95. The average Bonchev–Trinajstić information content (AvgIpc) is 3.13. The summed E-state index contributed by atoms with van der Waals surface area (Å²) < 4.78 is 10.3. The van der Waals surface area contributed by atoms with Crippen molar-refractivity contribution in [2.45, 2.75) is 31.7 Å². The van der Waals surface area contributed by atoms with Crippen LogP contribution in [0.5, 0.6) is 0 Å². The summed E-state index contributed by atoms with van der Waals surface area (Å²) in [6.45, 7) is 1.55. The molecule has 0 radical (unpaired) electrons. The topological polar surface area (TPSA) is 122 Å². The number of hydrogen-bond acceptors (Lipinski definition) is 6. The molecule has 0 fully saturated rings. The predicted octanol–water partition coefficient (Wildman–Crippen LogP) is 2.78. The van der Waals surface area contributed by atoms with E-state index in [0.29, 0.717) is 0 Å². The molecule has 2 N–H and O–H groups in total. The Labute approximate surface area is 197 Å². The zero-order valence-corrected chi connectivity index (χ0v) is 19.2. The Kier molecular flexibility index (Phi) is 8.24. The molecule has 0 saturated heterocycles. The first-order valence-corrected chi connectivity index (χ1v) is 11.1. The number of benzene rings is 2. The third-order valence-corrected chi connectivity index (χ3v) is 5.63. The highest BCUT2D eigenvalue weighted by molar-refractivity contribution is 5.88. The quantitative estimate of drug-likeness (QED) is 0.514. The van der Waals surface area contributed by atoms with Crippen molar-refractivity contribution >= 4 is 23.9 Å². The van der Waals surface area contributed by atoms with E-state index in [4.69, 9.17) is 14.6 Å². The molecule has 9 heteroatoms. The van der Waals surface area contributed by atoms with E-state index in [1.54, 1.807) is 6.92 Å². The Morgan fingerprint density at radius 1 is 1.00 bits per heavy atom. The lowest BCUT2D eigenvalue weighted by atomic mass is 9.98. The van der Waals surface area contributed by atoms with E-state index in [2.05, 4.69) is 5.32 Å². The summed E-state index contributed by atoms with van der Waals surface area (Å²) >= 11 is 0. The van der Waals surface area contributed by atoms with Gasteiger partial charge >= 0.3 is 18.0 Å². The molecule has 0 spiro atoms. The normalized spacial score (nSPS) is 12.8. The standard InChI is InChI=1S/C25H28N2O7/c1-3-33-23(30)14-27(2)24(31)21(12-13-22(28)29)26-25(32)34-15-20-18-10-6-4-8-16(18)17-9-5-7-11-19(17)20/h4-11,20-21H,3,12-15H2,1-2H3,(H,26,32)(H,28,29). The van der Waals surface area contributed by atoms with Gasteiger partial charge in [0.05, 0.1) is 6.61 Å². The molecule has 34 heavy (non-hydrogen) atoms. The minimum Gasteiger partial charge on any atom is -0.481 e. The van der Waals surface area contributed by atoms with E-state index in [0.717, 1.165) is 27.2 Å². The van der Waals surface area contributed by atoms with Gasteiger partial charge in [0.25, 0.3) is 0 Å². The Morgan fingerprint density at radius 3 is 2.15 bits per heavy atom. The number of likely N-dealkylation sites (N-methyl/N-ethyl adjacent to an activating group) is 1. The molecule has 0 bridgehead atoms. The van der Waals surface area contributed by atoms with Crippen LogP contribution in [-0.2, 0) is 23.9 Å². The van der Waals surface area contributed by atoms with E-state index in [-0.39, 0.29) is 38.5 Å². The van der Waals surface area contributed by atoms with Crippen LogP contribution < -0.4 is 5.32 Å². The molecule has 1 atom stereocenters. The minimum absolute atomic E-state index is 0.0539. The van der Waals surface area contributed by atoms with Crippen LogP contribution in [0.3, 0.4) is 0 Å².